The number of carbonyl (C=O) groups is 3. The van der Waals surface area contributed by atoms with Crippen LogP contribution in [0.1, 0.15) is 177 Å². The molecule has 0 unspecified atom stereocenters. The Balaban J connectivity index is 1.63. The van der Waals surface area contributed by atoms with E-state index in [9.17, 15) is 29.7 Å². The minimum atomic E-state index is -1.11. The third-order valence-corrected chi connectivity index (χ3v) is 14.3. The summed E-state index contributed by atoms with van der Waals surface area (Å²) in [5.74, 6) is -0.156. The van der Waals surface area contributed by atoms with Crippen LogP contribution in [-0.4, -0.2) is 75.9 Å². The molecule has 0 aliphatic heterocycles. The van der Waals surface area contributed by atoms with Gasteiger partial charge in [0.2, 0.25) is 0 Å². The molecular formula is C63H72O12. The molecule has 0 atom stereocenters. The molecule has 0 heterocycles. The summed E-state index contributed by atoms with van der Waals surface area (Å²) in [6.45, 7) is 19.1. The monoisotopic (exact) mass is 1020 g/mol. The fourth-order valence-corrected chi connectivity index (χ4v) is 10.6. The van der Waals surface area contributed by atoms with E-state index in [4.69, 9.17) is 28.4 Å². The molecule has 0 radical (unpaired) electrons. The molecule has 0 saturated heterocycles. The summed E-state index contributed by atoms with van der Waals surface area (Å²) in [4.78, 5) is 39.3. The van der Waals surface area contributed by atoms with E-state index in [1.807, 2.05) is 0 Å². The van der Waals surface area contributed by atoms with Crippen molar-refractivity contribution in [3.05, 3.63) is 173 Å². The zero-order chi connectivity index (χ0) is 55.1. The van der Waals surface area contributed by atoms with Crippen LogP contribution in [0.5, 0.6) is 34.5 Å². The van der Waals surface area contributed by atoms with Crippen molar-refractivity contribution in [2.75, 3.05) is 42.7 Å². The van der Waals surface area contributed by atoms with Crippen LogP contribution in [0.3, 0.4) is 0 Å². The van der Waals surface area contributed by atoms with Crippen molar-refractivity contribution in [3.63, 3.8) is 0 Å². The minimum Gasteiger partial charge on any atom is -0.496 e. The van der Waals surface area contributed by atoms with Gasteiger partial charge in [-0.1, -0.05) is 98.7 Å². The van der Waals surface area contributed by atoms with Crippen LogP contribution < -0.4 is 28.4 Å². The summed E-state index contributed by atoms with van der Waals surface area (Å²) in [5, 5.41) is 32.1. The smallest absolute Gasteiger partial charge is 0.335 e. The number of ether oxygens (including phenoxy) is 6. The Labute approximate surface area is 441 Å². The molecule has 6 aromatic carbocycles. The molecule has 7 rings (SSSR count). The zero-order valence-electron chi connectivity index (χ0n) is 46.2. The maximum Gasteiger partial charge on any atom is 0.335 e. The lowest BCUT2D eigenvalue weighted by Crippen LogP contribution is -2.15. The van der Waals surface area contributed by atoms with Gasteiger partial charge in [-0.05, 0) is 136 Å². The third kappa shape index (κ3) is 11.6. The van der Waals surface area contributed by atoms with Crippen LogP contribution >= 0.6 is 0 Å². The number of hydrogen-bond acceptors (Lipinski definition) is 9. The molecule has 0 fully saturated rings. The molecule has 12 bridgehead atoms. The molecule has 1 aliphatic carbocycles. The van der Waals surface area contributed by atoms with Crippen molar-refractivity contribution in [2.24, 2.45) is 0 Å². The van der Waals surface area contributed by atoms with Gasteiger partial charge in [-0.15, -0.1) is 0 Å². The third-order valence-electron chi connectivity index (χ3n) is 14.3. The number of aromatic carboxylic acids is 3. The second-order valence-corrected chi connectivity index (χ2v) is 22.7. The Morgan fingerprint density at radius 1 is 0.293 bits per heavy atom. The Morgan fingerprint density at radius 2 is 0.427 bits per heavy atom. The number of methoxy groups -OCH3 is 6. The van der Waals surface area contributed by atoms with Gasteiger partial charge in [0, 0.05) is 38.5 Å². The van der Waals surface area contributed by atoms with Crippen LogP contribution in [0.2, 0.25) is 0 Å². The fourth-order valence-electron chi connectivity index (χ4n) is 10.6. The first-order chi connectivity index (χ1) is 35.2. The number of benzene rings is 6. The highest BCUT2D eigenvalue weighted by molar-refractivity contribution is 5.90. The highest BCUT2D eigenvalue weighted by Gasteiger charge is 2.29. The SMILES string of the molecule is COc1c2cc(C(=O)O)cc1Cc1cc(C(C)(C)C)cc(c1OC)Cc1cc(C(=O)O)cc(c1OC)Cc1cc(C(C)(C)C)cc(c1OC)Cc1cc(C(=O)O)cc(c1OC)Cc1cc(C(C)(C)C)cc(c1OC)C2. The van der Waals surface area contributed by atoms with Crippen LogP contribution in [0.15, 0.2) is 72.8 Å². The summed E-state index contributed by atoms with van der Waals surface area (Å²) in [7, 11) is 9.54. The molecule has 12 nitrogen and oxygen atoms in total. The summed E-state index contributed by atoms with van der Waals surface area (Å²) in [6, 6.07) is 22.4. The van der Waals surface area contributed by atoms with E-state index >= 15 is 0 Å². The molecule has 6 aromatic rings. The number of carboxylic acid groups (broad SMARTS) is 3. The summed E-state index contributed by atoms with van der Waals surface area (Å²) < 4.78 is 37.8. The molecule has 396 valence electrons. The van der Waals surface area contributed by atoms with E-state index in [2.05, 4.69) is 98.7 Å². The Morgan fingerprint density at radius 3 is 0.533 bits per heavy atom. The minimum absolute atomic E-state index is 0.0705. The lowest BCUT2D eigenvalue weighted by Gasteiger charge is -2.26. The van der Waals surface area contributed by atoms with Gasteiger partial charge in [-0.2, -0.15) is 0 Å². The van der Waals surface area contributed by atoms with Gasteiger partial charge in [-0.3, -0.25) is 0 Å². The first-order valence-electron chi connectivity index (χ1n) is 25.1. The first kappa shape index (κ1) is 55.3. The lowest BCUT2D eigenvalue weighted by molar-refractivity contribution is 0.0686. The summed E-state index contributed by atoms with van der Waals surface area (Å²) in [6.07, 6.45) is 1.30. The van der Waals surface area contributed by atoms with Crippen molar-refractivity contribution >= 4 is 17.9 Å². The van der Waals surface area contributed by atoms with Crippen molar-refractivity contribution in [1.29, 1.82) is 0 Å². The number of hydrogen-bond donors (Lipinski definition) is 3. The van der Waals surface area contributed by atoms with Crippen molar-refractivity contribution in [1.82, 2.24) is 0 Å². The molecular weight excluding hydrogens is 949 g/mol. The molecule has 1 aliphatic rings. The number of rotatable bonds is 9. The summed E-state index contributed by atoms with van der Waals surface area (Å²) >= 11 is 0. The van der Waals surface area contributed by atoms with E-state index in [-0.39, 0.29) is 71.5 Å². The lowest BCUT2D eigenvalue weighted by atomic mass is 9.81. The summed E-state index contributed by atoms with van der Waals surface area (Å²) in [5.41, 5.74) is 10.5. The predicted octanol–water partition coefficient (Wildman–Crippen LogP) is 12.6. The van der Waals surface area contributed by atoms with E-state index in [0.29, 0.717) is 67.9 Å². The van der Waals surface area contributed by atoms with E-state index < -0.39 is 17.9 Å². The van der Waals surface area contributed by atoms with Gasteiger partial charge < -0.3 is 43.7 Å². The van der Waals surface area contributed by atoms with Crippen molar-refractivity contribution in [2.45, 2.75) is 117 Å². The van der Waals surface area contributed by atoms with Crippen LogP contribution in [0, 0.1) is 0 Å². The zero-order valence-corrected chi connectivity index (χ0v) is 46.2. The Hall–Kier alpha value is -7.47. The largest absolute Gasteiger partial charge is 0.496 e. The van der Waals surface area contributed by atoms with E-state index in [1.165, 1.54) is 0 Å². The second kappa shape index (κ2) is 21.4. The average Bonchev–Trinajstić information content (AvgIpc) is 3.32. The first-order valence-corrected chi connectivity index (χ1v) is 25.1. The number of fused-ring (bicyclic) bond motifs is 12. The molecule has 0 amide bonds. The molecule has 0 saturated carbocycles. The topological polar surface area (TPSA) is 167 Å². The van der Waals surface area contributed by atoms with Gasteiger partial charge >= 0.3 is 17.9 Å². The molecule has 0 spiro atoms. The molecule has 0 aromatic heterocycles. The van der Waals surface area contributed by atoms with Crippen molar-refractivity contribution in [3.8, 4) is 34.5 Å². The molecule has 75 heavy (non-hydrogen) atoms. The Kier molecular flexibility index (Phi) is 15.8. The van der Waals surface area contributed by atoms with Gasteiger partial charge in [0.15, 0.2) is 0 Å². The Bertz CT molecular complexity index is 2730. The normalized spacial score (nSPS) is 13.0. The van der Waals surface area contributed by atoms with Gasteiger partial charge in [-0.25, -0.2) is 14.4 Å². The highest BCUT2D eigenvalue weighted by atomic mass is 16.5. The van der Waals surface area contributed by atoms with Crippen LogP contribution in [0.4, 0.5) is 0 Å². The fraction of sp³-hybridized carbons (Fsp3) is 0.381. The van der Waals surface area contributed by atoms with Crippen LogP contribution in [-0.2, 0) is 54.8 Å². The maximum absolute atomic E-state index is 13.1. The van der Waals surface area contributed by atoms with Gasteiger partial charge in [0.05, 0.1) is 59.3 Å². The highest BCUT2D eigenvalue weighted by Crippen LogP contribution is 2.44. The average molecular weight is 1020 g/mol. The van der Waals surface area contributed by atoms with Crippen molar-refractivity contribution < 1.29 is 58.1 Å². The van der Waals surface area contributed by atoms with Crippen LogP contribution in [0.25, 0.3) is 0 Å². The molecule has 12 heteroatoms. The van der Waals surface area contributed by atoms with E-state index in [1.54, 1.807) is 79.1 Å². The standard InChI is InChI=1S/C63H72O12/c1-61(2,3)49-28-40-16-34-22-46(58(64)65)24-36(52(34)70-10)18-42-30-50(62(4,5)6)32-44(56(42)74-14)20-38-26-48(60(68)69)27-39(54(38)72-12)21-45-33-51(63(7,8)9)31-43(57(45)75-15)19-37-25-47(59(66)67)23-35(53(37)71-11)17-41(29-49)55(40)73-13/h22-33H,16-21H2,1-15H3,(H,64,65)(H,66,67)(H,68,69). The van der Waals surface area contributed by atoms with Gasteiger partial charge in [0.1, 0.15) is 34.5 Å². The maximum atomic E-state index is 13.1. The predicted molar refractivity (Wildman–Crippen MR) is 292 cm³/mol. The number of carboxylic acids is 3. The second-order valence-electron chi connectivity index (χ2n) is 22.7. The molecule has 3 N–H and O–H groups in total. The quantitative estimate of drug-likeness (QED) is 0.125. The van der Waals surface area contributed by atoms with Gasteiger partial charge in [0.25, 0.3) is 0 Å². The van der Waals surface area contributed by atoms with E-state index in [0.717, 1.165) is 50.1 Å².